The van der Waals surface area contributed by atoms with E-state index in [9.17, 15) is 4.79 Å². The highest BCUT2D eigenvalue weighted by atomic mass is 32.1. The fourth-order valence-corrected chi connectivity index (χ4v) is 4.37. The minimum absolute atomic E-state index is 0.401. The number of ether oxygens (including phenoxy) is 2. The molecule has 0 amide bonds. The molecule has 0 aliphatic carbocycles. The van der Waals surface area contributed by atoms with Crippen LogP contribution in [0.2, 0.25) is 0 Å². The largest absolute Gasteiger partial charge is 0.493 e. The van der Waals surface area contributed by atoms with Gasteiger partial charge in [-0.1, -0.05) is 30.3 Å². The van der Waals surface area contributed by atoms with Crippen LogP contribution in [0.4, 0.5) is 0 Å². The van der Waals surface area contributed by atoms with Crippen LogP contribution in [-0.2, 0) is 0 Å². The summed E-state index contributed by atoms with van der Waals surface area (Å²) in [4.78, 5) is 17.4. The molecule has 0 saturated carbocycles. The molecule has 5 rings (SSSR count). The van der Waals surface area contributed by atoms with Gasteiger partial charge in [-0.25, -0.2) is 9.78 Å². The first-order chi connectivity index (χ1) is 14.7. The molecule has 0 aliphatic heterocycles. The van der Waals surface area contributed by atoms with Gasteiger partial charge in [0, 0.05) is 16.3 Å². The SMILES string of the molecule is COc1ccc(-c2nc(-c3cc4c(ccc5ccccc54)oc3=O)cs2)cc1OC. The van der Waals surface area contributed by atoms with Crippen LogP contribution in [0.3, 0.4) is 0 Å². The van der Waals surface area contributed by atoms with Gasteiger partial charge in [0.15, 0.2) is 11.5 Å². The minimum atomic E-state index is -0.401. The average Bonchev–Trinajstić information content (AvgIpc) is 3.28. The number of hydrogen-bond acceptors (Lipinski definition) is 6. The van der Waals surface area contributed by atoms with Crippen LogP contribution in [0.1, 0.15) is 0 Å². The lowest BCUT2D eigenvalue weighted by atomic mass is 10.0. The lowest BCUT2D eigenvalue weighted by Crippen LogP contribution is -2.03. The van der Waals surface area contributed by atoms with Crippen molar-refractivity contribution in [1.82, 2.24) is 4.98 Å². The Morgan fingerprint density at radius 3 is 2.57 bits per heavy atom. The second-order valence-electron chi connectivity index (χ2n) is 6.75. The molecule has 0 bridgehead atoms. The number of aromatic nitrogens is 1. The summed E-state index contributed by atoms with van der Waals surface area (Å²) in [7, 11) is 3.20. The van der Waals surface area contributed by atoms with Crippen molar-refractivity contribution >= 4 is 33.1 Å². The first-order valence-corrected chi connectivity index (χ1v) is 10.2. The molecule has 148 valence electrons. The predicted octanol–water partition coefficient (Wildman–Crippen LogP) is 5.75. The van der Waals surface area contributed by atoms with Crippen LogP contribution in [-0.4, -0.2) is 19.2 Å². The molecule has 6 heteroatoms. The predicted molar refractivity (Wildman–Crippen MR) is 120 cm³/mol. The van der Waals surface area contributed by atoms with E-state index in [-0.39, 0.29) is 0 Å². The Balaban J connectivity index is 1.63. The standard InChI is InChI=1S/C24H17NO4S/c1-27-21-10-8-15(11-22(21)28-2)23-25-19(13-30-23)18-12-17-16-6-4-3-5-14(16)7-9-20(17)29-24(18)26/h3-13H,1-2H3. The number of rotatable bonds is 4. The normalized spacial score (nSPS) is 11.1. The first kappa shape index (κ1) is 18.4. The fourth-order valence-electron chi connectivity index (χ4n) is 3.55. The van der Waals surface area contributed by atoms with E-state index >= 15 is 0 Å². The molecule has 2 heterocycles. The van der Waals surface area contributed by atoms with Crippen molar-refractivity contribution in [2.75, 3.05) is 14.2 Å². The number of methoxy groups -OCH3 is 2. The molecular weight excluding hydrogens is 398 g/mol. The second-order valence-corrected chi connectivity index (χ2v) is 7.61. The van der Waals surface area contributed by atoms with Crippen molar-refractivity contribution in [2.24, 2.45) is 0 Å². The van der Waals surface area contributed by atoms with E-state index in [1.807, 2.05) is 66.0 Å². The smallest absolute Gasteiger partial charge is 0.345 e. The number of fused-ring (bicyclic) bond motifs is 3. The highest BCUT2D eigenvalue weighted by Crippen LogP contribution is 2.35. The highest BCUT2D eigenvalue weighted by Gasteiger charge is 2.15. The molecule has 0 fully saturated rings. The molecule has 0 atom stereocenters. The molecule has 5 nitrogen and oxygen atoms in total. The average molecular weight is 415 g/mol. The quantitative estimate of drug-likeness (QED) is 0.276. The first-order valence-electron chi connectivity index (χ1n) is 9.32. The van der Waals surface area contributed by atoms with Gasteiger partial charge in [-0.3, -0.25) is 0 Å². The van der Waals surface area contributed by atoms with E-state index in [4.69, 9.17) is 18.9 Å². The van der Waals surface area contributed by atoms with Gasteiger partial charge in [0.05, 0.1) is 25.5 Å². The van der Waals surface area contributed by atoms with Gasteiger partial charge in [-0.05, 0) is 41.1 Å². The van der Waals surface area contributed by atoms with Gasteiger partial charge < -0.3 is 13.9 Å². The lowest BCUT2D eigenvalue weighted by Gasteiger charge is -2.08. The van der Waals surface area contributed by atoms with Gasteiger partial charge in [0.2, 0.25) is 0 Å². The fraction of sp³-hybridized carbons (Fsp3) is 0.0833. The lowest BCUT2D eigenvalue weighted by molar-refractivity contribution is 0.355. The summed E-state index contributed by atoms with van der Waals surface area (Å²) in [6, 6.07) is 19.3. The number of hydrogen-bond donors (Lipinski definition) is 0. The summed E-state index contributed by atoms with van der Waals surface area (Å²) in [6.07, 6.45) is 0. The van der Waals surface area contributed by atoms with E-state index in [0.29, 0.717) is 28.3 Å². The van der Waals surface area contributed by atoms with Crippen molar-refractivity contribution < 1.29 is 13.9 Å². The van der Waals surface area contributed by atoms with Gasteiger partial charge in [-0.15, -0.1) is 11.3 Å². The minimum Gasteiger partial charge on any atom is -0.493 e. The Morgan fingerprint density at radius 2 is 1.73 bits per heavy atom. The van der Waals surface area contributed by atoms with Crippen molar-refractivity contribution in [3.63, 3.8) is 0 Å². The Hall–Kier alpha value is -3.64. The van der Waals surface area contributed by atoms with E-state index < -0.39 is 5.63 Å². The van der Waals surface area contributed by atoms with Crippen LogP contribution in [0, 0.1) is 0 Å². The Kier molecular flexibility index (Phi) is 4.48. The second kappa shape index (κ2) is 7.31. The van der Waals surface area contributed by atoms with E-state index in [2.05, 4.69) is 0 Å². The molecule has 0 N–H and O–H groups in total. The third-order valence-electron chi connectivity index (χ3n) is 5.05. The van der Waals surface area contributed by atoms with E-state index in [0.717, 1.165) is 26.7 Å². The maximum absolute atomic E-state index is 12.7. The zero-order valence-electron chi connectivity index (χ0n) is 16.3. The van der Waals surface area contributed by atoms with E-state index in [1.165, 1.54) is 11.3 Å². The zero-order valence-corrected chi connectivity index (χ0v) is 17.2. The molecular formula is C24H17NO4S. The molecule has 0 aliphatic rings. The highest BCUT2D eigenvalue weighted by molar-refractivity contribution is 7.13. The summed E-state index contributed by atoms with van der Waals surface area (Å²) >= 11 is 1.46. The third kappa shape index (κ3) is 3.02. The summed E-state index contributed by atoms with van der Waals surface area (Å²) in [6.45, 7) is 0. The molecule has 0 saturated heterocycles. The monoisotopic (exact) mass is 415 g/mol. The zero-order chi connectivity index (χ0) is 20.7. The molecule has 3 aromatic carbocycles. The van der Waals surface area contributed by atoms with Crippen LogP contribution in [0.5, 0.6) is 11.5 Å². The topological polar surface area (TPSA) is 61.6 Å². The van der Waals surface area contributed by atoms with Gasteiger partial charge >= 0.3 is 5.63 Å². The summed E-state index contributed by atoms with van der Waals surface area (Å²) < 4.78 is 16.3. The van der Waals surface area contributed by atoms with Crippen LogP contribution in [0.15, 0.2) is 75.3 Å². The van der Waals surface area contributed by atoms with Crippen LogP contribution >= 0.6 is 11.3 Å². The molecule has 0 spiro atoms. The van der Waals surface area contributed by atoms with Gasteiger partial charge in [0.1, 0.15) is 10.6 Å². The molecule has 0 radical (unpaired) electrons. The number of thiazole rings is 1. The van der Waals surface area contributed by atoms with Crippen molar-refractivity contribution in [2.45, 2.75) is 0 Å². The molecule has 5 aromatic rings. The summed E-state index contributed by atoms with van der Waals surface area (Å²) in [5.74, 6) is 1.28. The van der Waals surface area contributed by atoms with Crippen LogP contribution < -0.4 is 15.1 Å². The summed E-state index contributed by atoms with van der Waals surface area (Å²) in [5.41, 5.74) is 2.09. The third-order valence-corrected chi connectivity index (χ3v) is 5.94. The summed E-state index contributed by atoms with van der Waals surface area (Å²) in [5, 5.41) is 5.67. The molecule has 0 unspecified atom stereocenters. The van der Waals surface area contributed by atoms with Crippen molar-refractivity contribution in [3.8, 4) is 33.3 Å². The van der Waals surface area contributed by atoms with Crippen molar-refractivity contribution in [3.05, 3.63) is 76.5 Å². The Bertz CT molecular complexity index is 1450. The van der Waals surface area contributed by atoms with Crippen molar-refractivity contribution in [1.29, 1.82) is 0 Å². The van der Waals surface area contributed by atoms with Gasteiger partial charge in [0.25, 0.3) is 0 Å². The molecule has 30 heavy (non-hydrogen) atoms. The molecule has 2 aromatic heterocycles. The number of benzene rings is 3. The maximum Gasteiger partial charge on any atom is 0.345 e. The Labute approximate surface area is 176 Å². The maximum atomic E-state index is 12.7. The number of nitrogens with zero attached hydrogens (tertiary/aromatic N) is 1. The Morgan fingerprint density at radius 1 is 0.900 bits per heavy atom. The van der Waals surface area contributed by atoms with Gasteiger partial charge in [-0.2, -0.15) is 0 Å². The van der Waals surface area contributed by atoms with Crippen LogP contribution in [0.25, 0.3) is 43.6 Å². The van der Waals surface area contributed by atoms with E-state index in [1.54, 1.807) is 14.2 Å².